The van der Waals surface area contributed by atoms with Crippen molar-refractivity contribution in [3.05, 3.63) is 66.2 Å². The normalized spacial score (nSPS) is 32.0. The van der Waals surface area contributed by atoms with Gasteiger partial charge in [0.25, 0.3) is 5.91 Å². The van der Waals surface area contributed by atoms with Gasteiger partial charge in [-0.15, -0.1) is 0 Å². The molecular weight excluding hydrogens is 392 g/mol. The van der Waals surface area contributed by atoms with E-state index < -0.39 is 0 Å². The van der Waals surface area contributed by atoms with E-state index in [9.17, 15) is 14.4 Å². The second kappa shape index (κ2) is 6.54. The number of nitrogens with zero attached hydrogens (tertiary/aromatic N) is 1. The number of hydrogen-bond acceptors (Lipinski definition) is 4. The highest BCUT2D eigenvalue weighted by molar-refractivity contribution is 6.23. The van der Waals surface area contributed by atoms with Gasteiger partial charge in [-0.2, -0.15) is 0 Å². The van der Waals surface area contributed by atoms with Crippen LogP contribution in [-0.2, 0) is 9.59 Å². The van der Waals surface area contributed by atoms with Crippen LogP contribution in [0.25, 0.3) is 0 Å². The van der Waals surface area contributed by atoms with Crippen LogP contribution in [0.5, 0.6) is 5.75 Å². The summed E-state index contributed by atoms with van der Waals surface area (Å²) in [7, 11) is 1.54. The molecule has 0 spiro atoms. The second-order valence-electron chi connectivity index (χ2n) is 8.87. The highest BCUT2D eigenvalue weighted by Gasteiger charge is 2.67. The van der Waals surface area contributed by atoms with Gasteiger partial charge in [-0.25, -0.2) is 4.90 Å². The number of amides is 3. The molecule has 1 saturated heterocycles. The van der Waals surface area contributed by atoms with Crippen LogP contribution in [0.2, 0.25) is 0 Å². The number of methoxy groups -OCH3 is 1. The predicted octanol–water partition coefficient (Wildman–Crippen LogP) is 3.51. The Balaban J connectivity index is 1.29. The molecule has 2 aromatic rings. The fourth-order valence-corrected chi connectivity index (χ4v) is 5.94. The lowest BCUT2D eigenvalue weighted by atomic mass is 9.63. The number of allylic oxidation sites excluding steroid dienone is 2. The van der Waals surface area contributed by atoms with Crippen molar-refractivity contribution in [2.75, 3.05) is 17.3 Å². The molecule has 3 fully saturated rings. The number of hydrogen-bond donors (Lipinski definition) is 1. The van der Waals surface area contributed by atoms with E-state index in [-0.39, 0.29) is 41.4 Å². The summed E-state index contributed by atoms with van der Waals surface area (Å²) >= 11 is 0. The Bertz CT molecular complexity index is 1120. The van der Waals surface area contributed by atoms with Gasteiger partial charge in [0, 0.05) is 5.56 Å². The standard InChI is InChI=1S/C25H22N2O4/c1-31-20-8-3-2-7-19(20)26-23(28)13-5-4-6-14(11-13)27-24(29)21-15-9-10-16(18-12-17(15)18)22(21)25(27)30/h2-11,15-18,21-22H,12H2,1H3,(H,26,28)/t15-,16-,17-,18+,21-,22+/m0/s1. The maximum absolute atomic E-state index is 13.3. The molecule has 5 aliphatic rings. The molecule has 0 unspecified atom stereocenters. The monoisotopic (exact) mass is 414 g/mol. The molecule has 31 heavy (non-hydrogen) atoms. The fraction of sp³-hybridized carbons (Fsp3) is 0.320. The molecule has 3 amide bonds. The van der Waals surface area contributed by atoms with E-state index in [1.54, 1.807) is 43.5 Å². The Morgan fingerprint density at radius 3 is 2.32 bits per heavy atom. The summed E-state index contributed by atoms with van der Waals surface area (Å²) in [6, 6.07) is 13.9. The SMILES string of the molecule is COc1ccccc1NC(=O)c1cccc(N2C(=O)[C@@H]3[C@H]4C=C[C@@H]([C@@H]5C[C@H]45)[C@@H]3C2=O)c1. The van der Waals surface area contributed by atoms with Crippen LogP contribution in [0.15, 0.2) is 60.7 Å². The molecule has 6 heteroatoms. The first-order chi connectivity index (χ1) is 15.1. The third kappa shape index (κ3) is 2.60. The van der Waals surface area contributed by atoms with Crippen molar-refractivity contribution in [1.29, 1.82) is 0 Å². The number of ether oxygens (including phenoxy) is 1. The number of carbonyl (C=O) groups is 3. The van der Waals surface area contributed by atoms with Gasteiger partial charge in [0.1, 0.15) is 5.75 Å². The van der Waals surface area contributed by atoms with Gasteiger partial charge in [-0.3, -0.25) is 14.4 Å². The minimum Gasteiger partial charge on any atom is -0.495 e. The number of imide groups is 1. The van der Waals surface area contributed by atoms with Crippen LogP contribution >= 0.6 is 0 Å². The van der Waals surface area contributed by atoms with Crippen molar-refractivity contribution in [2.45, 2.75) is 6.42 Å². The number of benzene rings is 2. The molecule has 1 N–H and O–H groups in total. The lowest BCUT2D eigenvalue weighted by Crippen LogP contribution is -2.40. The number of carbonyl (C=O) groups excluding carboxylic acids is 3. The molecule has 156 valence electrons. The van der Waals surface area contributed by atoms with Crippen molar-refractivity contribution in [1.82, 2.24) is 0 Å². The van der Waals surface area contributed by atoms with E-state index in [4.69, 9.17) is 4.74 Å². The predicted molar refractivity (Wildman–Crippen MR) is 115 cm³/mol. The molecule has 2 bridgehead atoms. The molecule has 6 nitrogen and oxygen atoms in total. The molecule has 2 saturated carbocycles. The first-order valence-corrected chi connectivity index (χ1v) is 10.7. The minimum atomic E-state index is -0.328. The molecule has 0 aromatic heterocycles. The number of para-hydroxylation sites is 2. The van der Waals surface area contributed by atoms with Crippen molar-refractivity contribution in [3.63, 3.8) is 0 Å². The summed E-state index contributed by atoms with van der Waals surface area (Å²) in [6.07, 6.45) is 5.45. The highest BCUT2D eigenvalue weighted by Crippen LogP contribution is 2.65. The summed E-state index contributed by atoms with van der Waals surface area (Å²) in [5.41, 5.74) is 1.40. The van der Waals surface area contributed by atoms with E-state index >= 15 is 0 Å². The Morgan fingerprint density at radius 1 is 0.968 bits per heavy atom. The first-order valence-electron chi connectivity index (χ1n) is 10.7. The molecule has 0 radical (unpaired) electrons. The average Bonchev–Trinajstić information content (AvgIpc) is 3.57. The highest BCUT2D eigenvalue weighted by atomic mass is 16.5. The average molecular weight is 414 g/mol. The maximum atomic E-state index is 13.3. The third-order valence-electron chi connectivity index (χ3n) is 7.38. The summed E-state index contributed by atoms with van der Waals surface area (Å²) in [5.74, 6) is 0.959. The quantitative estimate of drug-likeness (QED) is 0.614. The van der Waals surface area contributed by atoms with Crippen molar-refractivity contribution in [3.8, 4) is 5.75 Å². The number of rotatable bonds is 4. The Morgan fingerprint density at radius 2 is 1.65 bits per heavy atom. The van der Waals surface area contributed by atoms with Gasteiger partial charge in [-0.1, -0.05) is 30.4 Å². The maximum Gasteiger partial charge on any atom is 0.255 e. The first kappa shape index (κ1) is 18.4. The summed E-state index contributed by atoms with van der Waals surface area (Å²) < 4.78 is 5.29. The van der Waals surface area contributed by atoms with Gasteiger partial charge in [0.15, 0.2) is 0 Å². The van der Waals surface area contributed by atoms with Crippen molar-refractivity contribution < 1.29 is 19.1 Å². The van der Waals surface area contributed by atoms with Crippen LogP contribution in [0.1, 0.15) is 16.8 Å². The molecule has 7 rings (SSSR count). The van der Waals surface area contributed by atoms with Gasteiger partial charge >= 0.3 is 0 Å². The second-order valence-corrected chi connectivity index (χ2v) is 8.87. The van der Waals surface area contributed by atoms with Gasteiger partial charge in [0.2, 0.25) is 11.8 Å². The minimum absolute atomic E-state index is 0.123. The zero-order valence-electron chi connectivity index (χ0n) is 17.0. The van der Waals surface area contributed by atoms with Gasteiger partial charge < -0.3 is 10.1 Å². The topological polar surface area (TPSA) is 75.7 Å². The molecule has 1 heterocycles. The van der Waals surface area contributed by atoms with E-state index in [0.29, 0.717) is 34.5 Å². The zero-order valence-corrected chi connectivity index (χ0v) is 17.0. The van der Waals surface area contributed by atoms with Crippen molar-refractivity contribution in [2.24, 2.45) is 35.5 Å². The van der Waals surface area contributed by atoms with Gasteiger partial charge in [-0.05, 0) is 60.4 Å². The molecular formula is C25H22N2O4. The summed E-state index contributed by atoms with van der Waals surface area (Å²) in [5, 5.41) is 2.84. The van der Waals surface area contributed by atoms with E-state index in [0.717, 1.165) is 6.42 Å². The lowest BCUT2D eigenvalue weighted by molar-refractivity contribution is -0.124. The molecule has 4 aliphatic carbocycles. The van der Waals surface area contributed by atoms with E-state index in [1.165, 1.54) is 4.90 Å². The fourth-order valence-electron chi connectivity index (χ4n) is 5.94. The van der Waals surface area contributed by atoms with Crippen LogP contribution in [0, 0.1) is 35.5 Å². The largest absolute Gasteiger partial charge is 0.495 e. The Hall–Kier alpha value is -3.41. The Labute approximate surface area is 179 Å². The molecule has 2 aromatic carbocycles. The summed E-state index contributed by atoms with van der Waals surface area (Å²) in [4.78, 5) is 40.8. The lowest BCUT2D eigenvalue weighted by Gasteiger charge is -2.37. The van der Waals surface area contributed by atoms with Crippen LogP contribution in [0.4, 0.5) is 11.4 Å². The summed E-state index contributed by atoms with van der Waals surface area (Å²) in [6.45, 7) is 0. The number of anilines is 2. The third-order valence-corrected chi connectivity index (χ3v) is 7.38. The Kier molecular flexibility index (Phi) is 3.88. The zero-order chi connectivity index (χ0) is 21.3. The molecule has 1 aliphatic heterocycles. The van der Waals surface area contributed by atoms with Gasteiger partial charge in [0.05, 0.1) is 30.3 Å². The molecule has 6 atom stereocenters. The van der Waals surface area contributed by atoms with Crippen LogP contribution in [0.3, 0.4) is 0 Å². The number of nitrogens with one attached hydrogen (secondary N) is 1. The van der Waals surface area contributed by atoms with Crippen molar-refractivity contribution >= 4 is 29.1 Å². The smallest absolute Gasteiger partial charge is 0.255 e. The van der Waals surface area contributed by atoms with Crippen LogP contribution < -0.4 is 15.0 Å². The van der Waals surface area contributed by atoms with Crippen LogP contribution in [-0.4, -0.2) is 24.8 Å². The van der Waals surface area contributed by atoms with E-state index in [1.807, 2.05) is 12.1 Å². The van der Waals surface area contributed by atoms with E-state index in [2.05, 4.69) is 17.5 Å².